The summed E-state index contributed by atoms with van der Waals surface area (Å²) in [6, 6.07) is 23.4. The highest BCUT2D eigenvalue weighted by atomic mass is 35.5. The maximum absolute atomic E-state index is 12.5. The summed E-state index contributed by atoms with van der Waals surface area (Å²) in [7, 11) is -1.35. The second-order valence-corrected chi connectivity index (χ2v) is 7.41. The Morgan fingerprint density at radius 1 is 0.920 bits per heavy atom. The standard InChI is InChI=1S/C20H14ClNO2S/c21-17-10-11-18-19(12-17)24-20(22-18)25(23)13-14-6-8-16(9-7-14)15-4-2-1-3-5-15/h1-12H,13H2. The van der Waals surface area contributed by atoms with Crippen molar-refractivity contribution in [3.63, 3.8) is 0 Å². The predicted molar refractivity (Wildman–Crippen MR) is 101 cm³/mol. The molecule has 0 fully saturated rings. The van der Waals surface area contributed by atoms with Crippen molar-refractivity contribution in [2.75, 3.05) is 0 Å². The summed E-state index contributed by atoms with van der Waals surface area (Å²) in [5, 5.41) is 0.793. The summed E-state index contributed by atoms with van der Waals surface area (Å²) < 4.78 is 18.1. The van der Waals surface area contributed by atoms with Crippen molar-refractivity contribution in [3.05, 3.63) is 83.4 Å². The molecule has 0 bridgehead atoms. The molecule has 0 N–H and O–H groups in total. The predicted octanol–water partition coefficient (Wildman–Crippen LogP) is 5.46. The van der Waals surface area contributed by atoms with E-state index in [1.165, 1.54) is 0 Å². The van der Waals surface area contributed by atoms with Crippen molar-refractivity contribution >= 4 is 33.5 Å². The maximum atomic E-state index is 12.5. The van der Waals surface area contributed by atoms with E-state index in [0.29, 0.717) is 21.9 Å². The Labute approximate surface area is 152 Å². The molecule has 1 atom stereocenters. The van der Waals surface area contributed by atoms with E-state index in [0.717, 1.165) is 16.7 Å². The highest BCUT2D eigenvalue weighted by Gasteiger charge is 2.14. The first-order chi connectivity index (χ1) is 12.2. The van der Waals surface area contributed by atoms with Gasteiger partial charge in [-0.1, -0.05) is 66.2 Å². The molecule has 4 rings (SSSR count). The Kier molecular flexibility index (Phi) is 4.38. The van der Waals surface area contributed by atoms with Crippen molar-refractivity contribution in [1.82, 2.24) is 4.98 Å². The third-order valence-electron chi connectivity index (χ3n) is 3.88. The van der Waals surface area contributed by atoms with Crippen LogP contribution in [-0.2, 0) is 16.6 Å². The van der Waals surface area contributed by atoms with Crippen LogP contribution < -0.4 is 0 Å². The minimum Gasteiger partial charge on any atom is -0.430 e. The fourth-order valence-corrected chi connectivity index (χ4v) is 3.78. The van der Waals surface area contributed by atoms with Gasteiger partial charge in [-0.25, -0.2) is 9.19 Å². The van der Waals surface area contributed by atoms with Gasteiger partial charge in [0.05, 0.1) is 5.75 Å². The van der Waals surface area contributed by atoms with E-state index >= 15 is 0 Å². The Morgan fingerprint density at radius 3 is 2.40 bits per heavy atom. The van der Waals surface area contributed by atoms with Crippen LogP contribution in [0.25, 0.3) is 22.2 Å². The molecule has 0 aliphatic rings. The second kappa shape index (κ2) is 6.82. The normalized spacial score (nSPS) is 12.4. The van der Waals surface area contributed by atoms with Gasteiger partial charge >= 0.3 is 0 Å². The van der Waals surface area contributed by atoms with Crippen LogP contribution in [0, 0.1) is 0 Å². The highest BCUT2D eigenvalue weighted by Crippen LogP contribution is 2.24. The van der Waals surface area contributed by atoms with Crippen molar-refractivity contribution in [2.45, 2.75) is 11.0 Å². The maximum Gasteiger partial charge on any atom is 0.288 e. The van der Waals surface area contributed by atoms with Crippen LogP contribution in [0.2, 0.25) is 5.02 Å². The lowest BCUT2D eigenvalue weighted by Gasteiger charge is -2.03. The van der Waals surface area contributed by atoms with Gasteiger partial charge in [-0.2, -0.15) is 0 Å². The molecule has 0 radical (unpaired) electrons. The third-order valence-corrected chi connectivity index (χ3v) is 5.28. The lowest BCUT2D eigenvalue weighted by atomic mass is 10.0. The van der Waals surface area contributed by atoms with Crippen LogP contribution in [0.4, 0.5) is 0 Å². The van der Waals surface area contributed by atoms with Crippen molar-refractivity contribution in [1.29, 1.82) is 0 Å². The summed E-state index contributed by atoms with van der Waals surface area (Å²) in [5.41, 5.74) is 4.47. The first-order valence-corrected chi connectivity index (χ1v) is 9.47. The van der Waals surface area contributed by atoms with Gasteiger partial charge in [-0.05, 0) is 28.8 Å². The minimum atomic E-state index is -1.35. The zero-order valence-electron chi connectivity index (χ0n) is 13.2. The molecule has 0 saturated heterocycles. The molecule has 3 aromatic carbocycles. The van der Waals surface area contributed by atoms with Gasteiger partial charge in [0.2, 0.25) is 0 Å². The van der Waals surface area contributed by atoms with E-state index in [2.05, 4.69) is 17.1 Å². The van der Waals surface area contributed by atoms with E-state index in [1.54, 1.807) is 18.2 Å². The van der Waals surface area contributed by atoms with Gasteiger partial charge in [0.25, 0.3) is 5.22 Å². The molecule has 0 spiro atoms. The van der Waals surface area contributed by atoms with Crippen LogP contribution in [0.1, 0.15) is 5.56 Å². The summed E-state index contributed by atoms with van der Waals surface area (Å²) in [5.74, 6) is 0.357. The highest BCUT2D eigenvalue weighted by molar-refractivity contribution is 7.84. The summed E-state index contributed by atoms with van der Waals surface area (Å²) in [6.07, 6.45) is 0. The zero-order valence-corrected chi connectivity index (χ0v) is 14.8. The molecule has 1 aromatic heterocycles. The second-order valence-electron chi connectivity index (χ2n) is 5.64. The van der Waals surface area contributed by atoms with Gasteiger partial charge in [-0.3, -0.25) is 0 Å². The number of hydrogen-bond acceptors (Lipinski definition) is 3. The zero-order chi connectivity index (χ0) is 17.2. The number of aromatic nitrogens is 1. The van der Waals surface area contributed by atoms with Gasteiger partial charge in [0.15, 0.2) is 5.58 Å². The van der Waals surface area contributed by atoms with Crippen molar-refractivity contribution < 1.29 is 8.63 Å². The molecule has 4 aromatic rings. The SMILES string of the molecule is O=S(Cc1ccc(-c2ccccc2)cc1)c1nc2ccc(Cl)cc2o1. The molecule has 0 aliphatic heterocycles. The quantitative estimate of drug-likeness (QED) is 0.481. The smallest absolute Gasteiger partial charge is 0.288 e. The number of rotatable bonds is 4. The van der Waals surface area contributed by atoms with E-state index in [-0.39, 0.29) is 5.22 Å². The Balaban J connectivity index is 1.53. The third kappa shape index (κ3) is 3.50. The molecule has 1 heterocycles. The molecule has 3 nitrogen and oxygen atoms in total. The van der Waals surface area contributed by atoms with E-state index in [9.17, 15) is 4.21 Å². The summed E-state index contributed by atoms with van der Waals surface area (Å²) >= 11 is 5.94. The van der Waals surface area contributed by atoms with Crippen LogP contribution >= 0.6 is 11.6 Å². The van der Waals surface area contributed by atoms with Crippen LogP contribution in [0.5, 0.6) is 0 Å². The van der Waals surface area contributed by atoms with Crippen molar-refractivity contribution in [2.24, 2.45) is 0 Å². The van der Waals surface area contributed by atoms with Gasteiger partial charge < -0.3 is 4.42 Å². The van der Waals surface area contributed by atoms with Crippen LogP contribution in [0.15, 0.2) is 82.4 Å². The monoisotopic (exact) mass is 367 g/mol. The largest absolute Gasteiger partial charge is 0.430 e. The summed E-state index contributed by atoms with van der Waals surface area (Å²) in [6.45, 7) is 0. The molecule has 0 saturated carbocycles. The van der Waals surface area contributed by atoms with Gasteiger partial charge in [0, 0.05) is 11.1 Å². The van der Waals surface area contributed by atoms with E-state index < -0.39 is 10.8 Å². The topological polar surface area (TPSA) is 43.1 Å². The molecule has 124 valence electrons. The fraction of sp³-hybridized carbons (Fsp3) is 0.0500. The number of halogens is 1. The number of fused-ring (bicyclic) bond motifs is 1. The Morgan fingerprint density at radius 2 is 1.64 bits per heavy atom. The van der Waals surface area contributed by atoms with Crippen LogP contribution in [-0.4, -0.2) is 9.19 Å². The first kappa shape index (κ1) is 16.1. The van der Waals surface area contributed by atoms with Gasteiger partial charge in [-0.15, -0.1) is 0 Å². The average Bonchev–Trinajstić information content (AvgIpc) is 3.06. The fourth-order valence-electron chi connectivity index (χ4n) is 2.61. The minimum absolute atomic E-state index is 0.226. The summed E-state index contributed by atoms with van der Waals surface area (Å²) in [4.78, 5) is 4.29. The van der Waals surface area contributed by atoms with E-state index in [1.807, 2.05) is 42.5 Å². The Bertz CT molecular complexity index is 1040. The Hall–Kier alpha value is -2.43. The average molecular weight is 368 g/mol. The van der Waals surface area contributed by atoms with E-state index in [4.69, 9.17) is 16.0 Å². The molecular formula is C20H14ClNO2S. The van der Waals surface area contributed by atoms with Crippen LogP contribution in [0.3, 0.4) is 0 Å². The first-order valence-electron chi connectivity index (χ1n) is 7.78. The number of benzene rings is 3. The lowest BCUT2D eigenvalue weighted by Crippen LogP contribution is -1.96. The number of oxazole rings is 1. The molecule has 0 amide bonds. The number of nitrogens with zero attached hydrogens (tertiary/aromatic N) is 1. The molecule has 0 aliphatic carbocycles. The van der Waals surface area contributed by atoms with Gasteiger partial charge in [0.1, 0.15) is 16.3 Å². The molecular weight excluding hydrogens is 354 g/mol. The molecule has 1 unspecified atom stereocenters. The lowest BCUT2D eigenvalue weighted by molar-refractivity contribution is 0.477. The molecule has 5 heteroatoms. The van der Waals surface area contributed by atoms with Crippen molar-refractivity contribution in [3.8, 4) is 11.1 Å². The number of hydrogen-bond donors (Lipinski definition) is 0. The molecule has 25 heavy (non-hydrogen) atoms.